The van der Waals surface area contributed by atoms with E-state index < -0.39 is 11.7 Å². The van der Waals surface area contributed by atoms with Crippen LogP contribution in [0.15, 0.2) is 48.2 Å². The first-order chi connectivity index (χ1) is 10.6. The summed E-state index contributed by atoms with van der Waals surface area (Å²) >= 11 is 0. The lowest BCUT2D eigenvalue weighted by atomic mass is 10.1. The summed E-state index contributed by atoms with van der Waals surface area (Å²) in [6, 6.07) is 5.24. The molecule has 0 amide bonds. The number of benzene rings is 1. The van der Waals surface area contributed by atoms with E-state index >= 15 is 0 Å². The molecule has 118 valence electrons. The van der Waals surface area contributed by atoms with Gasteiger partial charge in [0.05, 0.1) is 12.2 Å². The molecule has 1 atom stereocenters. The topological polar surface area (TPSA) is 24.5 Å². The van der Waals surface area contributed by atoms with Crippen LogP contribution in [0.2, 0.25) is 0 Å². The van der Waals surface area contributed by atoms with Gasteiger partial charge >= 0.3 is 6.18 Å². The molecule has 6 heteroatoms. The zero-order chi connectivity index (χ0) is 15.6. The number of morpholine rings is 1. The summed E-state index contributed by atoms with van der Waals surface area (Å²) in [5, 5.41) is 3.27. The molecule has 22 heavy (non-hydrogen) atoms. The van der Waals surface area contributed by atoms with Crippen molar-refractivity contribution in [2.45, 2.75) is 12.3 Å². The Morgan fingerprint density at radius 1 is 1.18 bits per heavy atom. The normalized spacial score (nSPS) is 22.6. The number of anilines is 1. The van der Waals surface area contributed by atoms with Crippen molar-refractivity contribution in [2.75, 3.05) is 31.1 Å². The molecule has 1 fully saturated rings. The average molecular weight is 310 g/mol. The summed E-state index contributed by atoms with van der Waals surface area (Å²) in [5.74, 6) is 0. The predicted octanol–water partition coefficient (Wildman–Crippen LogP) is 2.95. The van der Waals surface area contributed by atoms with Crippen LogP contribution in [0.4, 0.5) is 18.9 Å². The molecule has 1 saturated heterocycles. The molecule has 0 radical (unpaired) electrons. The third kappa shape index (κ3) is 3.18. The van der Waals surface area contributed by atoms with Gasteiger partial charge in [-0.3, -0.25) is 0 Å². The second kappa shape index (κ2) is 6.14. The number of hydrogen-bond acceptors (Lipinski definition) is 3. The van der Waals surface area contributed by atoms with Gasteiger partial charge in [0, 0.05) is 31.0 Å². The molecule has 3 nitrogen and oxygen atoms in total. The molecule has 1 aromatic carbocycles. The Bertz CT molecular complexity index is 572. The minimum atomic E-state index is -4.31. The first-order valence-corrected chi connectivity index (χ1v) is 7.19. The number of halogens is 3. The fraction of sp³-hybridized carbons (Fsp3) is 0.375. The van der Waals surface area contributed by atoms with E-state index in [2.05, 4.69) is 5.32 Å². The lowest BCUT2D eigenvalue weighted by Gasteiger charge is -2.35. The summed E-state index contributed by atoms with van der Waals surface area (Å²) in [4.78, 5) is 1.98. The van der Waals surface area contributed by atoms with E-state index in [0.29, 0.717) is 19.7 Å². The molecule has 1 aromatic rings. The molecule has 0 bridgehead atoms. The Balaban J connectivity index is 1.83. The van der Waals surface area contributed by atoms with Gasteiger partial charge in [0.15, 0.2) is 0 Å². The van der Waals surface area contributed by atoms with Gasteiger partial charge in [-0.2, -0.15) is 13.2 Å². The molecule has 2 heterocycles. The van der Waals surface area contributed by atoms with Crippen LogP contribution < -0.4 is 10.2 Å². The van der Waals surface area contributed by atoms with Crippen LogP contribution in [0.5, 0.6) is 0 Å². The Kier molecular flexibility index (Phi) is 4.22. The van der Waals surface area contributed by atoms with Gasteiger partial charge in [-0.05, 0) is 30.3 Å². The summed E-state index contributed by atoms with van der Waals surface area (Å²) < 4.78 is 43.8. The van der Waals surface area contributed by atoms with Crippen molar-refractivity contribution in [1.82, 2.24) is 5.32 Å². The van der Waals surface area contributed by atoms with E-state index in [1.807, 2.05) is 23.1 Å². The number of nitrogens with one attached hydrogen (secondary N) is 1. The number of hydrogen-bond donors (Lipinski definition) is 1. The minimum absolute atomic E-state index is 0.0824. The molecular weight excluding hydrogens is 293 g/mol. The highest BCUT2D eigenvalue weighted by Gasteiger charge is 2.31. The first-order valence-electron chi connectivity index (χ1n) is 7.19. The highest BCUT2D eigenvalue weighted by molar-refractivity contribution is 5.56. The Morgan fingerprint density at radius 2 is 1.95 bits per heavy atom. The average Bonchev–Trinajstić information content (AvgIpc) is 2.55. The molecule has 0 aromatic heterocycles. The third-order valence-corrected chi connectivity index (χ3v) is 3.77. The van der Waals surface area contributed by atoms with E-state index in [-0.39, 0.29) is 6.10 Å². The Hall–Kier alpha value is -1.79. The van der Waals surface area contributed by atoms with Crippen molar-refractivity contribution in [3.63, 3.8) is 0 Å². The number of rotatable bonds is 2. The van der Waals surface area contributed by atoms with Crippen molar-refractivity contribution in [3.05, 3.63) is 53.8 Å². The zero-order valence-electron chi connectivity index (χ0n) is 11.9. The molecule has 2 aliphatic rings. The highest BCUT2D eigenvalue weighted by Crippen LogP contribution is 2.32. The Morgan fingerprint density at radius 3 is 2.59 bits per heavy atom. The van der Waals surface area contributed by atoms with Crippen LogP contribution in [-0.2, 0) is 10.9 Å². The predicted molar refractivity (Wildman–Crippen MR) is 78.6 cm³/mol. The first kappa shape index (κ1) is 15.1. The molecule has 0 aliphatic carbocycles. The van der Waals surface area contributed by atoms with Crippen LogP contribution in [-0.4, -0.2) is 32.3 Å². The van der Waals surface area contributed by atoms with E-state index in [1.54, 1.807) is 0 Å². The van der Waals surface area contributed by atoms with Gasteiger partial charge in [0.25, 0.3) is 0 Å². The standard InChI is InChI=1S/C16H17F3N2O/c17-16(18,19)12-4-6-13(7-5-12)21-9-2-1-3-14(21)15-11-20-8-10-22-15/h1-7,15,20H,8-11H2/t15-/m1/s1. The second-order valence-corrected chi connectivity index (χ2v) is 5.24. The third-order valence-electron chi connectivity index (χ3n) is 3.77. The van der Waals surface area contributed by atoms with Crippen LogP contribution in [0, 0.1) is 0 Å². The van der Waals surface area contributed by atoms with Gasteiger partial charge in [-0.1, -0.05) is 12.2 Å². The summed E-state index contributed by atoms with van der Waals surface area (Å²) in [7, 11) is 0. The number of nitrogens with zero attached hydrogens (tertiary/aromatic N) is 1. The molecule has 0 saturated carbocycles. The molecule has 0 unspecified atom stereocenters. The quantitative estimate of drug-likeness (QED) is 0.909. The van der Waals surface area contributed by atoms with Crippen molar-refractivity contribution in [1.29, 1.82) is 0 Å². The fourth-order valence-electron chi connectivity index (χ4n) is 2.65. The Labute approximate surface area is 127 Å². The molecule has 0 spiro atoms. The fourth-order valence-corrected chi connectivity index (χ4v) is 2.65. The summed E-state index contributed by atoms with van der Waals surface area (Å²) in [6.07, 6.45) is 1.49. The lowest BCUT2D eigenvalue weighted by Crippen LogP contribution is -2.44. The van der Waals surface area contributed by atoms with Gasteiger partial charge in [-0.15, -0.1) is 0 Å². The lowest BCUT2D eigenvalue weighted by molar-refractivity contribution is -0.137. The van der Waals surface area contributed by atoms with Crippen LogP contribution in [0.1, 0.15) is 5.56 Å². The maximum atomic E-state index is 12.7. The van der Waals surface area contributed by atoms with Crippen molar-refractivity contribution in [2.24, 2.45) is 0 Å². The zero-order valence-corrected chi connectivity index (χ0v) is 11.9. The van der Waals surface area contributed by atoms with Gasteiger partial charge in [0.1, 0.15) is 6.10 Å². The van der Waals surface area contributed by atoms with Crippen molar-refractivity contribution in [3.8, 4) is 0 Å². The van der Waals surface area contributed by atoms with E-state index in [9.17, 15) is 13.2 Å². The molecule has 2 aliphatic heterocycles. The van der Waals surface area contributed by atoms with E-state index in [0.717, 1.165) is 30.1 Å². The largest absolute Gasteiger partial charge is 0.416 e. The smallest absolute Gasteiger partial charge is 0.369 e. The maximum Gasteiger partial charge on any atom is 0.416 e. The van der Waals surface area contributed by atoms with Crippen molar-refractivity contribution < 1.29 is 17.9 Å². The monoisotopic (exact) mass is 310 g/mol. The van der Waals surface area contributed by atoms with E-state index in [1.165, 1.54) is 12.1 Å². The minimum Gasteiger partial charge on any atom is -0.369 e. The van der Waals surface area contributed by atoms with Crippen LogP contribution >= 0.6 is 0 Å². The van der Waals surface area contributed by atoms with Gasteiger partial charge < -0.3 is 15.0 Å². The number of alkyl halides is 3. The van der Waals surface area contributed by atoms with Crippen LogP contribution in [0.25, 0.3) is 0 Å². The van der Waals surface area contributed by atoms with Crippen LogP contribution in [0.3, 0.4) is 0 Å². The van der Waals surface area contributed by atoms with Gasteiger partial charge in [-0.25, -0.2) is 0 Å². The summed E-state index contributed by atoms with van der Waals surface area (Å²) in [5.41, 5.74) is 1.07. The SMILES string of the molecule is FC(F)(F)c1ccc(N2CC=CC=C2[C@H]2CNCCO2)cc1. The summed E-state index contributed by atoms with van der Waals surface area (Å²) in [6.45, 7) is 2.78. The second-order valence-electron chi connectivity index (χ2n) is 5.24. The molecule has 1 N–H and O–H groups in total. The maximum absolute atomic E-state index is 12.7. The number of ether oxygens (including phenoxy) is 1. The van der Waals surface area contributed by atoms with Crippen molar-refractivity contribution >= 4 is 5.69 Å². The number of allylic oxidation sites excluding steroid dienone is 2. The van der Waals surface area contributed by atoms with E-state index in [4.69, 9.17) is 4.74 Å². The highest BCUT2D eigenvalue weighted by atomic mass is 19.4. The molecule has 3 rings (SSSR count). The molecular formula is C16H17F3N2O. The van der Waals surface area contributed by atoms with Gasteiger partial charge in [0.2, 0.25) is 0 Å².